The monoisotopic (exact) mass is 367 g/mol. The van der Waals surface area contributed by atoms with Crippen LogP contribution in [0.1, 0.15) is 11.3 Å². The summed E-state index contributed by atoms with van der Waals surface area (Å²) >= 11 is 0. The Kier molecular flexibility index (Phi) is 4.74. The lowest BCUT2D eigenvalue weighted by Gasteiger charge is -2.07. The van der Waals surface area contributed by atoms with Gasteiger partial charge in [0.05, 0.1) is 17.8 Å². The van der Waals surface area contributed by atoms with E-state index in [0.29, 0.717) is 0 Å². The molecule has 10 heteroatoms. The molecule has 0 radical (unpaired) electrons. The van der Waals surface area contributed by atoms with Gasteiger partial charge in [0.15, 0.2) is 29.1 Å². The van der Waals surface area contributed by atoms with E-state index in [1.54, 1.807) is 19.2 Å². The molecule has 1 N–H and O–H groups in total. The summed E-state index contributed by atoms with van der Waals surface area (Å²) in [5.74, 6) is -6.25. The van der Waals surface area contributed by atoms with Gasteiger partial charge in [0.1, 0.15) is 6.54 Å². The van der Waals surface area contributed by atoms with E-state index in [2.05, 4.69) is 15.5 Å². The Morgan fingerprint density at radius 3 is 2.31 bits per heavy atom. The van der Waals surface area contributed by atoms with Crippen LogP contribution in [0.3, 0.4) is 0 Å². The third kappa shape index (κ3) is 3.73. The van der Waals surface area contributed by atoms with Gasteiger partial charge in [-0.25, -0.2) is 17.6 Å². The molecule has 0 spiro atoms. The van der Waals surface area contributed by atoms with Gasteiger partial charge >= 0.3 is 0 Å². The third-order valence-electron chi connectivity index (χ3n) is 3.51. The van der Waals surface area contributed by atoms with E-state index in [-0.39, 0.29) is 18.4 Å². The number of benzene rings is 1. The number of rotatable bonds is 5. The van der Waals surface area contributed by atoms with Crippen molar-refractivity contribution in [1.82, 2.24) is 19.6 Å². The molecule has 2 heterocycles. The van der Waals surface area contributed by atoms with Crippen LogP contribution in [0.5, 0.6) is 0 Å². The zero-order chi connectivity index (χ0) is 18.8. The van der Waals surface area contributed by atoms with Gasteiger partial charge in [0, 0.05) is 24.5 Å². The van der Waals surface area contributed by atoms with Crippen LogP contribution < -0.4 is 5.32 Å². The second-order valence-electron chi connectivity index (χ2n) is 5.55. The van der Waals surface area contributed by atoms with Gasteiger partial charge in [0.25, 0.3) is 0 Å². The summed E-state index contributed by atoms with van der Waals surface area (Å²) in [6.07, 6.45) is 2.95. The largest absolute Gasteiger partial charge is 0.308 e. The number of carbonyl (C=O) groups is 1. The molecule has 0 unspecified atom stereocenters. The lowest BCUT2D eigenvalue weighted by atomic mass is 10.2. The molecule has 0 atom stereocenters. The van der Waals surface area contributed by atoms with Crippen LogP contribution in [-0.4, -0.2) is 25.5 Å². The first-order valence-corrected chi connectivity index (χ1v) is 7.48. The second-order valence-corrected chi connectivity index (χ2v) is 5.55. The Morgan fingerprint density at radius 1 is 1.04 bits per heavy atom. The summed E-state index contributed by atoms with van der Waals surface area (Å²) in [4.78, 5) is 11.9. The van der Waals surface area contributed by atoms with E-state index in [1.807, 2.05) is 0 Å². The minimum Gasteiger partial charge on any atom is -0.308 e. The molecule has 0 aliphatic carbocycles. The van der Waals surface area contributed by atoms with Crippen molar-refractivity contribution in [2.75, 3.05) is 5.32 Å². The molecule has 0 saturated carbocycles. The maximum absolute atomic E-state index is 13.7. The molecule has 0 aliphatic rings. The van der Waals surface area contributed by atoms with Crippen LogP contribution >= 0.6 is 0 Å². The highest BCUT2D eigenvalue weighted by atomic mass is 19.2. The summed E-state index contributed by atoms with van der Waals surface area (Å²) in [5.41, 5.74) is -0.0380. The van der Waals surface area contributed by atoms with Crippen LogP contribution in [0.4, 0.5) is 23.4 Å². The maximum Gasteiger partial charge on any atom is 0.247 e. The van der Waals surface area contributed by atoms with E-state index < -0.39 is 41.3 Å². The number of aryl methyl sites for hydroxylation is 1. The zero-order valence-electron chi connectivity index (χ0n) is 13.5. The minimum atomic E-state index is -1.49. The molecule has 3 rings (SSSR count). The fourth-order valence-electron chi connectivity index (χ4n) is 2.32. The number of halogens is 4. The molecule has 6 nitrogen and oxygen atoms in total. The molecular formula is C16H13F4N5O. The number of nitrogens with one attached hydrogen (secondary N) is 1. The lowest BCUT2D eigenvalue weighted by molar-refractivity contribution is -0.116. The van der Waals surface area contributed by atoms with E-state index in [0.717, 1.165) is 10.4 Å². The number of amides is 1. The molecule has 26 heavy (non-hydrogen) atoms. The van der Waals surface area contributed by atoms with Crippen LogP contribution in [0, 0.1) is 30.2 Å². The SMILES string of the molecule is Cc1ccn(CC(=O)Nc2ccn(Cc3c(F)c(F)cc(F)c3F)n2)n1. The molecule has 136 valence electrons. The number of aromatic nitrogens is 4. The first kappa shape index (κ1) is 17.6. The number of nitrogens with zero attached hydrogens (tertiary/aromatic N) is 4. The average molecular weight is 367 g/mol. The predicted octanol–water partition coefficient (Wildman–Crippen LogP) is 2.63. The number of hydrogen-bond donors (Lipinski definition) is 1. The first-order chi connectivity index (χ1) is 12.3. The third-order valence-corrected chi connectivity index (χ3v) is 3.51. The van der Waals surface area contributed by atoms with Crippen molar-refractivity contribution in [3.63, 3.8) is 0 Å². The Hall–Kier alpha value is -3.17. The van der Waals surface area contributed by atoms with Crippen LogP contribution in [0.15, 0.2) is 30.6 Å². The topological polar surface area (TPSA) is 64.7 Å². The molecule has 2 aromatic heterocycles. The number of anilines is 1. The van der Waals surface area contributed by atoms with E-state index in [9.17, 15) is 22.4 Å². The van der Waals surface area contributed by atoms with Crippen molar-refractivity contribution in [2.45, 2.75) is 20.0 Å². The van der Waals surface area contributed by atoms with Crippen molar-refractivity contribution in [1.29, 1.82) is 0 Å². The fourth-order valence-corrected chi connectivity index (χ4v) is 2.32. The van der Waals surface area contributed by atoms with Crippen LogP contribution in [0.25, 0.3) is 0 Å². The van der Waals surface area contributed by atoms with Gasteiger partial charge in [-0.05, 0) is 13.0 Å². The van der Waals surface area contributed by atoms with Crippen LogP contribution in [-0.2, 0) is 17.9 Å². The molecule has 3 aromatic rings. The molecule has 1 amide bonds. The number of carbonyl (C=O) groups excluding carboxylic acids is 1. The van der Waals surface area contributed by atoms with E-state index in [1.165, 1.54) is 16.9 Å². The molecule has 1 aromatic carbocycles. The van der Waals surface area contributed by atoms with Crippen LogP contribution in [0.2, 0.25) is 0 Å². The van der Waals surface area contributed by atoms with Crippen molar-refractivity contribution in [3.8, 4) is 0 Å². The summed E-state index contributed by atoms with van der Waals surface area (Å²) in [6.45, 7) is 1.20. The highest BCUT2D eigenvalue weighted by Gasteiger charge is 2.19. The van der Waals surface area contributed by atoms with Crippen molar-refractivity contribution < 1.29 is 22.4 Å². The standard InChI is InChI=1S/C16H13F4N5O/c1-9-2-4-25(22-9)8-14(26)21-13-3-5-24(23-13)7-10-15(19)11(17)6-12(18)16(10)20/h2-6H,7-8H2,1H3,(H,21,23,26). The predicted molar refractivity (Wildman–Crippen MR) is 83.2 cm³/mol. The lowest BCUT2D eigenvalue weighted by Crippen LogP contribution is -2.19. The molecule has 0 saturated heterocycles. The van der Waals surface area contributed by atoms with Gasteiger partial charge in [0.2, 0.25) is 5.91 Å². The van der Waals surface area contributed by atoms with Gasteiger partial charge < -0.3 is 5.32 Å². The molecular weight excluding hydrogens is 354 g/mol. The summed E-state index contributed by atoms with van der Waals surface area (Å²) < 4.78 is 56.3. The van der Waals surface area contributed by atoms with E-state index in [4.69, 9.17) is 0 Å². The normalized spacial score (nSPS) is 11.0. The van der Waals surface area contributed by atoms with Crippen molar-refractivity contribution in [2.24, 2.45) is 0 Å². The molecule has 0 bridgehead atoms. The van der Waals surface area contributed by atoms with Gasteiger partial charge in [-0.2, -0.15) is 10.2 Å². The Bertz CT molecular complexity index is 939. The highest BCUT2D eigenvalue weighted by molar-refractivity contribution is 5.89. The zero-order valence-corrected chi connectivity index (χ0v) is 13.5. The summed E-state index contributed by atoms with van der Waals surface area (Å²) in [5, 5.41) is 10.5. The fraction of sp³-hybridized carbons (Fsp3) is 0.188. The van der Waals surface area contributed by atoms with Gasteiger partial charge in [-0.3, -0.25) is 14.2 Å². The average Bonchev–Trinajstić information content (AvgIpc) is 3.18. The van der Waals surface area contributed by atoms with Crippen molar-refractivity contribution in [3.05, 3.63) is 65.1 Å². The first-order valence-electron chi connectivity index (χ1n) is 7.48. The summed E-state index contributed by atoms with van der Waals surface area (Å²) in [6, 6.07) is 3.26. The van der Waals surface area contributed by atoms with Gasteiger partial charge in [-0.1, -0.05) is 0 Å². The second kappa shape index (κ2) is 6.98. The minimum absolute atomic E-state index is 0.0426. The highest BCUT2D eigenvalue weighted by Crippen LogP contribution is 2.20. The Balaban J connectivity index is 1.70. The summed E-state index contributed by atoms with van der Waals surface area (Å²) in [7, 11) is 0. The quantitative estimate of drug-likeness (QED) is 0.557. The molecule has 0 aliphatic heterocycles. The van der Waals surface area contributed by atoms with Crippen molar-refractivity contribution >= 4 is 11.7 Å². The Morgan fingerprint density at radius 2 is 1.69 bits per heavy atom. The Labute approximate surface area is 145 Å². The van der Waals surface area contributed by atoms with E-state index >= 15 is 0 Å². The maximum atomic E-state index is 13.7. The molecule has 0 fully saturated rings. The van der Waals surface area contributed by atoms with Gasteiger partial charge in [-0.15, -0.1) is 0 Å². The number of hydrogen-bond acceptors (Lipinski definition) is 3. The smallest absolute Gasteiger partial charge is 0.247 e.